The number of nitrogens with one attached hydrogen (secondary N) is 1. The molecular weight excluding hydrogens is 272 g/mol. The van der Waals surface area contributed by atoms with Crippen LogP contribution in [0.15, 0.2) is 0 Å². The lowest BCUT2D eigenvalue weighted by atomic mass is 9.70. The Hall–Kier alpha value is -0.130. The number of hydrazine groups is 1. The van der Waals surface area contributed by atoms with E-state index in [9.17, 15) is 8.42 Å². The first kappa shape index (κ1) is 16.2. The van der Waals surface area contributed by atoms with E-state index in [-0.39, 0.29) is 11.3 Å². The van der Waals surface area contributed by atoms with E-state index < -0.39 is 9.84 Å². The fraction of sp³-hybridized carbons (Fsp3) is 1.00. The van der Waals surface area contributed by atoms with Crippen LogP contribution >= 0.6 is 0 Å². The molecule has 2 fully saturated rings. The average Bonchev–Trinajstić information content (AvgIpc) is 2.70. The maximum Gasteiger partial charge on any atom is 0.150 e. The molecule has 0 radical (unpaired) electrons. The van der Waals surface area contributed by atoms with Gasteiger partial charge in [0.05, 0.1) is 5.25 Å². The highest BCUT2D eigenvalue weighted by Crippen LogP contribution is 2.47. The van der Waals surface area contributed by atoms with Crippen molar-refractivity contribution in [2.24, 2.45) is 23.1 Å². The van der Waals surface area contributed by atoms with Crippen molar-refractivity contribution in [2.75, 3.05) is 6.26 Å². The molecule has 5 heteroatoms. The summed E-state index contributed by atoms with van der Waals surface area (Å²) in [5.41, 5.74) is 3.36. The molecule has 2 aliphatic carbocycles. The predicted molar refractivity (Wildman–Crippen MR) is 82.8 cm³/mol. The van der Waals surface area contributed by atoms with Gasteiger partial charge in [-0.2, -0.15) is 0 Å². The molecular formula is C15H30N2O2S. The first-order chi connectivity index (χ1) is 9.25. The normalized spacial score (nSPS) is 35.9. The van der Waals surface area contributed by atoms with Gasteiger partial charge in [0.15, 0.2) is 0 Å². The molecule has 0 saturated heterocycles. The highest BCUT2D eigenvalue weighted by Gasteiger charge is 2.43. The topological polar surface area (TPSA) is 72.2 Å². The van der Waals surface area contributed by atoms with Crippen LogP contribution in [-0.4, -0.2) is 26.0 Å². The summed E-state index contributed by atoms with van der Waals surface area (Å²) in [6.45, 7) is 4.65. The molecule has 4 unspecified atom stereocenters. The second-order valence-electron chi connectivity index (χ2n) is 7.56. The molecule has 0 aliphatic heterocycles. The third-order valence-corrected chi connectivity index (χ3v) is 7.39. The Kier molecular flexibility index (Phi) is 4.82. The van der Waals surface area contributed by atoms with Crippen LogP contribution < -0.4 is 11.3 Å². The molecule has 0 amide bonds. The van der Waals surface area contributed by atoms with Crippen LogP contribution in [0.2, 0.25) is 0 Å². The second kappa shape index (κ2) is 5.93. The van der Waals surface area contributed by atoms with Gasteiger partial charge in [-0.05, 0) is 49.4 Å². The van der Waals surface area contributed by atoms with Gasteiger partial charge in [0.2, 0.25) is 0 Å². The summed E-state index contributed by atoms with van der Waals surface area (Å²) in [7, 11) is -2.92. The molecule has 0 spiro atoms. The van der Waals surface area contributed by atoms with Crippen LogP contribution in [0.1, 0.15) is 58.8 Å². The number of hydrogen-bond acceptors (Lipinski definition) is 4. The minimum Gasteiger partial charge on any atom is -0.271 e. The fourth-order valence-electron chi connectivity index (χ4n) is 4.50. The lowest BCUT2D eigenvalue weighted by molar-refractivity contribution is 0.132. The Morgan fingerprint density at radius 1 is 1.20 bits per heavy atom. The lowest BCUT2D eigenvalue weighted by Crippen LogP contribution is -2.51. The zero-order valence-corrected chi connectivity index (χ0v) is 13.9. The van der Waals surface area contributed by atoms with Crippen molar-refractivity contribution < 1.29 is 8.42 Å². The molecule has 0 heterocycles. The molecule has 4 nitrogen and oxygen atoms in total. The highest BCUT2D eigenvalue weighted by molar-refractivity contribution is 7.91. The lowest BCUT2D eigenvalue weighted by Gasteiger charge is -2.41. The predicted octanol–water partition coefficient (Wildman–Crippen LogP) is 2.25. The van der Waals surface area contributed by atoms with E-state index in [2.05, 4.69) is 19.3 Å². The van der Waals surface area contributed by atoms with Gasteiger partial charge < -0.3 is 0 Å². The van der Waals surface area contributed by atoms with Crippen LogP contribution in [0.4, 0.5) is 0 Å². The van der Waals surface area contributed by atoms with Gasteiger partial charge in [0.1, 0.15) is 9.84 Å². The van der Waals surface area contributed by atoms with Gasteiger partial charge in [-0.15, -0.1) is 0 Å². The van der Waals surface area contributed by atoms with E-state index >= 15 is 0 Å². The summed E-state index contributed by atoms with van der Waals surface area (Å²) < 4.78 is 23.7. The van der Waals surface area contributed by atoms with Crippen LogP contribution in [0.3, 0.4) is 0 Å². The second-order valence-corrected chi connectivity index (χ2v) is 9.88. The maximum atomic E-state index is 11.8. The molecule has 2 aliphatic rings. The van der Waals surface area contributed by atoms with Crippen molar-refractivity contribution in [2.45, 2.75) is 70.1 Å². The average molecular weight is 302 g/mol. The number of rotatable bonds is 4. The Balaban J connectivity index is 2.11. The molecule has 0 aromatic heterocycles. The molecule has 0 bridgehead atoms. The van der Waals surface area contributed by atoms with Crippen LogP contribution in [0, 0.1) is 17.3 Å². The molecule has 3 N–H and O–H groups in total. The SMILES string of the molecule is CC1(C)CCCC1C(NN)C1CCCC(S(C)(=O)=O)C1. The molecule has 20 heavy (non-hydrogen) atoms. The molecule has 0 aromatic rings. The van der Waals surface area contributed by atoms with Crippen LogP contribution in [-0.2, 0) is 9.84 Å². The van der Waals surface area contributed by atoms with Crippen molar-refractivity contribution >= 4 is 9.84 Å². The zero-order valence-electron chi connectivity index (χ0n) is 13.1. The summed E-state index contributed by atoms with van der Waals surface area (Å²) in [4.78, 5) is 0. The van der Waals surface area contributed by atoms with Gasteiger partial charge in [-0.3, -0.25) is 11.3 Å². The first-order valence-corrected chi connectivity index (χ1v) is 9.86. The van der Waals surface area contributed by atoms with Gasteiger partial charge in [-0.25, -0.2) is 8.42 Å². The summed E-state index contributed by atoms with van der Waals surface area (Å²) in [6, 6.07) is 0.261. The minimum absolute atomic E-state index is 0.165. The van der Waals surface area contributed by atoms with Gasteiger partial charge in [0.25, 0.3) is 0 Å². The van der Waals surface area contributed by atoms with E-state index in [0.717, 1.165) is 25.7 Å². The Bertz CT molecular complexity index is 433. The Morgan fingerprint density at radius 2 is 1.90 bits per heavy atom. The molecule has 4 atom stereocenters. The Labute approximate surface area is 123 Å². The van der Waals surface area contributed by atoms with Crippen molar-refractivity contribution in [1.82, 2.24) is 5.43 Å². The summed E-state index contributed by atoms with van der Waals surface area (Å²) in [5.74, 6) is 6.82. The van der Waals surface area contributed by atoms with Crippen LogP contribution in [0.5, 0.6) is 0 Å². The van der Waals surface area contributed by atoms with Gasteiger partial charge in [-0.1, -0.05) is 26.7 Å². The van der Waals surface area contributed by atoms with Crippen molar-refractivity contribution in [3.05, 3.63) is 0 Å². The van der Waals surface area contributed by atoms with Crippen molar-refractivity contribution in [3.8, 4) is 0 Å². The smallest absolute Gasteiger partial charge is 0.150 e. The van der Waals surface area contributed by atoms with E-state index in [4.69, 9.17) is 5.84 Å². The Morgan fingerprint density at radius 3 is 2.40 bits per heavy atom. The van der Waals surface area contributed by atoms with E-state index in [1.165, 1.54) is 25.5 Å². The highest BCUT2D eigenvalue weighted by atomic mass is 32.2. The maximum absolute atomic E-state index is 11.8. The number of nitrogens with two attached hydrogens (primary N) is 1. The van der Waals surface area contributed by atoms with Crippen LogP contribution in [0.25, 0.3) is 0 Å². The minimum atomic E-state index is -2.92. The molecule has 2 saturated carbocycles. The number of hydrogen-bond donors (Lipinski definition) is 2. The zero-order chi connectivity index (χ0) is 15.0. The molecule has 2 rings (SSSR count). The standard InChI is InChI=1S/C15H30N2O2S/c1-15(2)9-5-8-13(15)14(17-16)11-6-4-7-12(10-11)20(3,18)19/h11-14,17H,4-10,16H2,1-3H3. The van der Waals surface area contributed by atoms with Gasteiger partial charge >= 0.3 is 0 Å². The first-order valence-electron chi connectivity index (χ1n) is 7.90. The third kappa shape index (κ3) is 3.37. The van der Waals surface area contributed by atoms with Gasteiger partial charge in [0, 0.05) is 12.3 Å². The van der Waals surface area contributed by atoms with Crippen molar-refractivity contribution in [1.29, 1.82) is 0 Å². The monoisotopic (exact) mass is 302 g/mol. The molecule has 0 aromatic carbocycles. The quantitative estimate of drug-likeness (QED) is 0.617. The fourth-order valence-corrected chi connectivity index (χ4v) is 5.69. The summed E-state index contributed by atoms with van der Waals surface area (Å²) in [5, 5.41) is -0.165. The summed E-state index contributed by atoms with van der Waals surface area (Å²) in [6.07, 6.45) is 8.81. The summed E-state index contributed by atoms with van der Waals surface area (Å²) >= 11 is 0. The third-order valence-electron chi connectivity index (χ3n) is 5.75. The molecule has 118 valence electrons. The van der Waals surface area contributed by atoms with Crippen molar-refractivity contribution in [3.63, 3.8) is 0 Å². The van der Waals surface area contributed by atoms with E-state index in [1.807, 2.05) is 0 Å². The van der Waals surface area contributed by atoms with E-state index in [1.54, 1.807) is 0 Å². The van der Waals surface area contributed by atoms with E-state index in [0.29, 0.717) is 17.3 Å². The largest absolute Gasteiger partial charge is 0.271 e. The number of sulfone groups is 1.